The zero-order chi connectivity index (χ0) is 27.2. The van der Waals surface area contributed by atoms with E-state index in [4.69, 9.17) is 16.3 Å². The molecule has 2 aromatic heterocycles. The first-order valence-electron chi connectivity index (χ1n) is 12.4. The Hall–Kier alpha value is -4.28. The number of pyridine rings is 1. The summed E-state index contributed by atoms with van der Waals surface area (Å²) in [7, 11) is 0. The molecule has 0 spiro atoms. The number of nitrogens with zero attached hydrogens (tertiary/aromatic N) is 5. The maximum atomic E-state index is 14.2. The predicted molar refractivity (Wildman–Crippen MR) is 151 cm³/mol. The molecule has 0 aliphatic carbocycles. The normalized spacial score (nSPS) is 13.6. The molecule has 39 heavy (non-hydrogen) atoms. The number of hydrogen-bond acceptors (Lipinski definition) is 9. The number of aryl methyl sites for hydroxylation is 1. The summed E-state index contributed by atoms with van der Waals surface area (Å²) in [5.41, 5.74) is 8.00. The number of morpholine rings is 1. The van der Waals surface area contributed by atoms with Gasteiger partial charge in [-0.1, -0.05) is 23.7 Å². The number of nitrogens with one attached hydrogen (secondary N) is 2. The molecule has 3 N–H and O–H groups in total. The molecule has 0 atom stereocenters. The van der Waals surface area contributed by atoms with E-state index in [1.165, 1.54) is 6.21 Å². The van der Waals surface area contributed by atoms with E-state index in [2.05, 4.69) is 30.8 Å². The van der Waals surface area contributed by atoms with Gasteiger partial charge in [0.1, 0.15) is 5.75 Å². The fourth-order valence-electron chi connectivity index (χ4n) is 4.23. The second-order valence-electron chi connectivity index (χ2n) is 9.03. The molecule has 11 heteroatoms. The van der Waals surface area contributed by atoms with E-state index in [-0.39, 0.29) is 17.5 Å². The molecule has 5 rings (SSSR count). The maximum absolute atomic E-state index is 14.2. The largest absolute Gasteiger partial charge is 0.508 e. The first-order valence-corrected chi connectivity index (χ1v) is 12.8. The predicted octanol–water partition coefficient (Wildman–Crippen LogP) is 5.30. The number of anilines is 4. The highest BCUT2D eigenvalue weighted by atomic mass is 35.5. The summed E-state index contributed by atoms with van der Waals surface area (Å²) in [6.45, 7) is 4.19. The van der Waals surface area contributed by atoms with Gasteiger partial charge in [-0.25, -0.2) is 14.8 Å². The lowest BCUT2D eigenvalue weighted by atomic mass is 9.99. The minimum absolute atomic E-state index is 0.187. The Labute approximate surface area is 230 Å². The second kappa shape index (κ2) is 12.1. The van der Waals surface area contributed by atoms with E-state index in [9.17, 15) is 9.50 Å². The molecule has 0 unspecified atom stereocenters. The zero-order valence-electron chi connectivity index (χ0n) is 21.2. The Balaban J connectivity index is 1.20. The molecular formula is C28H27ClFN7O2. The third kappa shape index (κ3) is 6.78. The van der Waals surface area contributed by atoms with Crippen LogP contribution in [-0.2, 0) is 11.2 Å². The number of hydrazone groups is 1. The van der Waals surface area contributed by atoms with Crippen molar-refractivity contribution in [3.8, 4) is 5.75 Å². The van der Waals surface area contributed by atoms with Crippen LogP contribution < -0.4 is 15.6 Å². The standard InChI is InChI=1S/C28H27ClFN7O2/c1-18-11-22(14-25(29)24(18)13-19-3-2-4-23(38)12-19)34-21-6-5-20(31-15-21)16-33-36-28-32-17-26(30)27(35-28)37-7-9-39-10-8-37/h2-6,11-12,14-17,34,38H,7-10,13H2,1H3,(H,32,35,36)/b33-16+. The van der Waals surface area contributed by atoms with Gasteiger partial charge in [-0.05, 0) is 66.4 Å². The quantitative estimate of drug-likeness (QED) is 0.202. The third-order valence-corrected chi connectivity index (χ3v) is 6.52. The summed E-state index contributed by atoms with van der Waals surface area (Å²) in [5, 5.41) is 17.8. The van der Waals surface area contributed by atoms with Crippen molar-refractivity contribution in [3.05, 3.63) is 94.1 Å². The van der Waals surface area contributed by atoms with E-state index in [1.54, 1.807) is 18.3 Å². The fourth-order valence-corrected chi connectivity index (χ4v) is 4.56. The number of ether oxygens (including phenoxy) is 1. The average Bonchev–Trinajstić information content (AvgIpc) is 2.93. The van der Waals surface area contributed by atoms with E-state index < -0.39 is 5.82 Å². The molecule has 0 saturated carbocycles. The molecule has 200 valence electrons. The third-order valence-electron chi connectivity index (χ3n) is 6.18. The number of aromatic nitrogens is 3. The first kappa shape index (κ1) is 26.3. The van der Waals surface area contributed by atoms with Crippen molar-refractivity contribution in [1.82, 2.24) is 15.0 Å². The van der Waals surface area contributed by atoms with Gasteiger partial charge < -0.3 is 20.1 Å². The minimum Gasteiger partial charge on any atom is -0.508 e. The van der Waals surface area contributed by atoms with Gasteiger partial charge in [-0.3, -0.25) is 4.98 Å². The number of benzene rings is 2. The average molecular weight is 548 g/mol. The van der Waals surface area contributed by atoms with Crippen LogP contribution >= 0.6 is 11.6 Å². The van der Waals surface area contributed by atoms with Gasteiger partial charge in [-0.15, -0.1) is 0 Å². The fraction of sp³-hybridized carbons (Fsp3) is 0.214. The van der Waals surface area contributed by atoms with Crippen molar-refractivity contribution >= 4 is 41.0 Å². The van der Waals surface area contributed by atoms with Crippen molar-refractivity contribution in [2.45, 2.75) is 13.3 Å². The molecule has 1 saturated heterocycles. The smallest absolute Gasteiger partial charge is 0.245 e. The van der Waals surface area contributed by atoms with Gasteiger partial charge in [0.2, 0.25) is 5.95 Å². The van der Waals surface area contributed by atoms with Crippen molar-refractivity contribution in [1.29, 1.82) is 0 Å². The minimum atomic E-state index is -0.487. The van der Waals surface area contributed by atoms with Crippen LogP contribution in [0.2, 0.25) is 5.02 Å². The molecule has 4 aromatic rings. The molecular weight excluding hydrogens is 521 g/mol. The summed E-state index contributed by atoms with van der Waals surface area (Å²) in [6, 6.07) is 14.8. The molecule has 3 heterocycles. The highest BCUT2D eigenvalue weighted by molar-refractivity contribution is 6.31. The van der Waals surface area contributed by atoms with Crippen LogP contribution in [0.1, 0.15) is 22.4 Å². The summed E-state index contributed by atoms with van der Waals surface area (Å²) < 4.78 is 19.5. The zero-order valence-corrected chi connectivity index (χ0v) is 22.0. The van der Waals surface area contributed by atoms with Crippen molar-refractivity contribution in [2.24, 2.45) is 5.10 Å². The number of hydrogen-bond donors (Lipinski definition) is 3. The first-order chi connectivity index (χ1) is 18.9. The summed E-state index contributed by atoms with van der Waals surface area (Å²) in [5.74, 6) is 0.159. The van der Waals surface area contributed by atoms with Crippen molar-refractivity contribution < 1.29 is 14.2 Å². The van der Waals surface area contributed by atoms with Gasteiger partial charge in [0.25, 0.3) is 0 Å². The van der Waals surface area contributed by atoms with E-state index in [0.29, 0.717) is 43.4 Å². The van der Waals surface area contributed by atoms with Crippen LogP contribution in [0.25, 0.3) is 0 Å². The topological polar surface area (TPSA) is 108 Å². The SMILES string of the molecule is Cc1cc(Nc2ccc(/C=N/Nc3ncc(F)c(N4CCOCC4)n3)nc2)cc(Cl)c1Cc1cccc(O)c1. The number of phenolic OH excluding ortho intramolecular Hbond substituents is 1. The van der Waals surface area contributed by atoms with Crippen LogP contribution in [0, 0.1) is 12.7 Å². The number of halogens is 2. The highest BCUT2D eigenvalue weighted by Crippen LogP contribution is 2.29. The monoisotopic (exact) mass is 547 g/mol. The maximum Gasteiger partial charge on any atom is 0.245 e. The Morgan fingerprint density at radius 3 is 2.69 bits per heavy atom. The molecule has 1 aliphatic rings. The Kier molecular flexibility index (Phi) is 8.14. The lowest BCUT2D eigenvalue weighted by Gasteiger charge is -2.27. The lowest BCUT2D eigenvalue weighted by molar-refractivity contribution is 0.122. The van der Waals surface area contributed by atoms with Crippen LogP contribution in [0.5, 0.6) is 5.75 Å². The van der Waals surface area contributed by atoms with E-state index >= 15 is 0 Å². The second-order valence-corrected chi connectivity index (χ2v) is 9.44. The van der Waals surface area contributed by atoms with Crippen molar-refractivity contribution in [3.63, 3.8) is 0 Å². The van der Waals surface area contributed by atoms with Crippen LogP contribution in [0.4, 0.5) is 27.5 Å². The molecule has 0 amide bonds. The van der Waals surface area contributed by atoms with Gasteiger partial charge in [-0.2, -0.15) is 10.1 Å². The molecule has 1 fully saturated rings. The summed E-state index contributed by atoms with van der Waals surface area (Å²) in [4.78, 5) is 14.4. The molecule has 0 bridgehead atoms. The summed E-state index contributed by atoms with van der Waals surface area (Å²) >= 11 is 6.60. The number of aromatic hydroxyl groups is 1. The van der Waals surface area contributed by atoms with Crippen molar-refractivity contribution in [2.75, 3.05) is 41.9 Å². The molecule has 0 radical (unpaired) electrons. The van der Waals surface area contributed by atoms with Gasteiger partial charge in [0.15, 0.2) is 11.6 Å². The van der Waals surface area contributed by atoms with Gasteiger partial charge >= 0.3 is 0 Å². The lowest BCUT2D eigenvalue weighted by Crippen LogP contribution is -2.37. The van der Waals surface area contributed by atoms with E-state index in [0.717, 1.165) is 34.3 Å². The van der Waals surface area contributed by atoms with Gasteiger partial charge in [0.05, 0.1) is 43.2 Å². The van der Waals surface area contributed by atoms with Crippen LogP contribution in [-0.4, -0.2) is 52.6 Å². The number of rotatable bonds is 8. The van der Waals surface area contributed by atoms with Crippen LogP contribution in [0.15, 0.2) is 66.0 Å². The molecule has 2 aromatic carbocycles. The Bertz CT molecular complexity index is 1450. The van der Waals surface area contributed by atoms with Crippen LogP contribution in [0.3, 0.4) is 0 Å². The number of phenols is 1. The molecule has 1 aliphatic heterocycles. The highest BCUT2D eigenvalue weighted by Gasteiger charge is 2.17. The Morgan fingerprint density at radius 2 is 1.95 bits per heavy atom. The van der Waals surface area contributed by atoms with Gasteiger partial charge in [0, 0.05) is 23.8 Å². The Morgan fingerprint density at radius 1 is 1.10 bits per heavy atom. The summed E-state index contributed by atoms with van der Waals surface area (Å²) in [6.07, 6.45) is 4.97. The molecule has 9 nitrogen and oxygen atoms in total. The van der Waals surface area contributed by atoms with E-state index in [1.807, 2.05) is 48.2 Å².